The summed E-state index contributed by atoms with van der Waals surface area (Å²) in [5, 5.41) is 8.92. The van der Waals surface area contributed by atoms with Crippen LogP contribution in [-0.4, -0.2) is 28.3 Å². The summed E-state index contributed by atoms with van der Waals surface area (Å²) in [6, 6.07) is 2.03. The zero-order valence-electron chi connectivity index (χ0n) is 9.96. The minimum atomic E-state index is 0.0516. The van der Waals surface area contributed by atoms with Crippen LogP contribution in [0, 0.1) is 11.3 Å². The Hall–Kier alpha value is -1.67. The molecule has 0 aliphatic carbocycles. The molecule has 90 valence electrons. The van der Waals surface area contributed by atoms with Crippen molar-refractivity contribution in [2.24, 2.45) is 0 Å². The van der Waals surface area contributed by atoms with Gasteiger partial charge in [-0.25, -0.2) is 9.97 Å². The molecule has 5 nitrogen and oxygen atoms in total. The van der Waals surface area contributed by atoms with Crippen molar-refractivity contribution in [1.29, 1.82) is 5.26 Å². The number of rotatable bonds is 2. The lowest BCUT2D eigenvalue weighted by Gasteiger charge is -2.31. The molecule has 1 aromatic rings. The zero-order valence-corrected chi connectivity index (χ0v) is 9.96. The van der Waals surface area contributed by atoms with E-state index in [2.05, 4.69) is 9.97 Å². The van der Waals surface area contributed by atoms with Crippen LogP contribution in [0.2, 0.25) is 0 Å². The first-order chi connectivity index (χ1) is 8.19. The number of aromatic nitrogens is 2. The molecule has 0 amide bonds. The first kappa shape index (κ1) is 11.8. The van der Waals surface area contributed by atoms with E-state index in [-0.39, 0.29) is 18.3 Å². The predicted molar refractivity (Wildman–Crippen MR) is 60.4 cm³/mol. The normalized spacial score (nSPS) is 28.4. The van der Waals surface area contributed by atoms with Gasteiger partial charge in [0.05, 0.1) is 18.4 Å². The molecular weight excluding hydrogens is 218 g/mol. The second kappa shape index (κ2) is 5.11. The predicted octanol–water partition coefficient (Wildman–Crippen LogP) is 1.68. The minimum absolute atomic E-state index is 0.0516. The van der Waals surface area contributed by atoms with Crippen LogP contribution in [-0.2, 0) is 4.74 Å². The first-order valence-corrected chi connectivity index (χ1v) is 5.71. The van der Waals surface area contributed by atoms with Crippen molar-refractivity contribution in [3.63, 3.8) is 0 Å². The van der Waals surface area contributed by atoms with E-state index in [1.54, 1.807) is 0 Å². The molecule has 1 aromatic heterocycles. The summed E-state index contributed by atoms with van der Waals surface area (Å²) >= 11 is 0. The van der Waals surface area contributed by atoms with Crippen molar-refractivity contribution in [2.75, 3.05) is 0 Å². The highest BCUT2D eigenvalue weighted by molar-refractivity contribution is 5.34. The van der Waals surface area contributed by atoms with Gasteiger partial charge in [-0.3, -0.25) is 0 Å². The lowest BCUT2D eigenvalue weighted by atomic mass is 10.0. The van der Waals surface area contributed by atoms with Crippen LogP contribution in [0.3, 0.4) is 0 Å². The van der Waals surface area contributed by atoms with Crippen LogP contribution in [0.15, 0.2) is 12.5 Å². The average molecular weight is 233 g/mol. The second-order valence-electron chi connectivity index (χ2n) is 4.32. The van der Waals surface area contributed by atoms with Gasteiger partial charge in [0.15, 0.2) is 0 Å². The van der Waals surface area contributed by atoms with E-state index in [1.165, 1.54) is 12.5 Å². The Morgan fingerprint density at radius 2 is 2.12 bits per heavy atom. The largest absolute Gasteiger partial charge is 0.473 e. The van der Waals surface area contributed by atoms with E-state index >= 15 is 0 Å². The summed E-state index contributed by atoms with van der Waals surface area (Å²) < 4.78 is 11.4. The second-order valence-corrected chi connectivity index (χ2v) is 4.32. The van der Waals surface area contributed by atoms with Gasteiger partial charge >= 0.3 is 0 Å². The lowest BCUT2D eigenvalue weighted by molar-refractivity contribution is -0.0730. The average Bonchev–Trinajstić information content (AvgIpc) is 2.28. The van der Waals surface area contributed by atoms with E-state index in [0.717, 1.165) is 12.8 Å². The Kier molecular flexibility index (Phi) is 3.55. The number of hydrogen-bond donors (Lipinski definition) is 0. The molecule has 2 heterocycles. The maximum Gasteiger partial charge on any atom is 0.235 e. The first-order valence-electron chi connectivity index (χ1n) is 5.71. The number of ether oxygens (including phenoxy) is 2. The van der Waals surface area contributed by atoms with Gasteiger partial charge < -0.3 is 9.47 Å². The van der Waals surface area contributed by atoms with Crippen LogP contribution in [0.4, 0.5) is 0 Å². The van der Waals surface area contributed by atoms with Gasteiger partial charge in [0, 0.05) is 12.8 Å². The van der Waals surface area contributed by atoms with E-state index in [4.69, 9.17) is 14.7 Å². The summed E-state index contributed by atoms with van der Waals surface area (Å²) in [5.74, 6) is 0.369. The summed E-state index contributed by atoms with van der Waals surface area (Å²) in [7, 11) is 0. The molecule has 0 saturated carbocycles. The molecule has 1 saturated heterocycles. The highest BCUT2D eigenvalue weighted by Crippen LogP contribution is 2.24. The quantitative estimate of drug-likeness (QED) is 0.777. The third kappa shape index (κ3) is 2.92. The van der Waals surface area contributed by atoms with Crippen molar-refractivity contribution < 1.29 is 9.47 Å². The monoisotopic (exact) mass is 233 g/mol. The lowest BCUT2D eigenvalue weighted by Crippen LogP contribution is -2.36. The SMILES string of the molecule is CC1CC(Oc2ncncc2C#N)CC(C)O1. The standard InChI is InChI=1S/C12H15N3O2/c1-8-3-11(4-9(2)16-8)17-12-10(5-13)6-14-7-15-12/h6-9,11H,3-4H2,1-2H3. The van der Waals surface area contributed by atoms with Crippen LogP contribution < -0.4 is 4.74 Å². The molecule has 1 fully saturated rings. The number of nitriles is 1. The molecule has 0 radical (unpaired) electrons. The molecule has 5 heteroatoms. The minimum Gasteiger partial charge on any atom is -0.473 e. The van der Waals surface area contributed by atoms with Gasteiger partial charge in [-0.05, 0) is 13.8 Å². The summed E-state index contributed by atoms with van der Waals surface area (Å²) in [5.41, 5.74) is 0.374. The van der Waals surface area contributed by atoms with E-state index < -0.39 is 0 Å². The molecule has 2 unspecified atom stereocenters. The number of hydrogen-bond acceptors (Lipinski definition) is 5. The van der Waals surface area contributed by atoms with Crippen molar-refractivity contribution in [3.05, 3.63) is 18.1 Å². The zero-order chi connectivity index (χ0) is 12.3. The van der Waals surface area contributed by atoms with Gasteiger partial charge in [-0.15, -0.1) is 0 Å². The van der Waals surface area contributed by atoms with Crippen LogP contribution in [0.5, 0.6) is 5.88 Å². The summed E-state index contributed by atoms with van der Waals surface area (Å²) in [4.78, 5) is 7.80. The smallest absolute Gasteiger partial charge is 0.235 e. The Morgan fingerprint density at radius 1 is 1.41 bits per heavy atom. The molecule has 0 spiro atoms. The fourth-order valence-electron chi connectivity index (χ4n) is 2.09. The topological polar surface area (TPSA) is 68.0 Å². The van der Waals surface area contributed by atoms with Gasteiger partial charge in [0.1, 0.15) is 24.1 Å². The van der Waals surface area contributed by atoms with Gasteiger partial charge in [0.25, 0.3) is 0 Å². The molecule has 1 aliphatic heterocycles. The van der Waals surface area contributed by atoms with Crippen molar-refractivity contribution in [1.82, 2.24) is 9.97 Å². The molecule has 1 aliphatic rings. The molecular formula is C12H15N3O2. The Morgan fingerprint density at radius 3 is 2.76 bits per heavy atom. The molecule has 0 aromatic carbocycles. The van der Waals surface area contributed by atoms with Crippen LogP contribution in [0.1, 0.15) is 32.3 Å². The van der Waals surface area contributed by atoms with Crippen molar-refractivity contribution in [3.8, 4) is 11.9 Å². The highest BCUT2D eigenvalue weighted by Gasteiger charge is 2.26. The fraction of sp³-hybridized carbons (Fsp3) is 0.583. The van der Waals surface area contributed by atoms with E-state index in [1.807, 2.05) is 19.9 Å². The van der Waals surface area contributed by atoms with E-state index in [0.29, 0.717) is 11.4 Å². The molecule has 2 atom stereocenters. The third-order valence-corrected chi connectivity index (χ3v) is 2.73. The van der Waals surface area contributed by atoms with Crippen LogP contribution in [0.25, 0.3) is 0 Å². The van der Waals surface area contributed by atoms with Crippen LogP contribution >= 0.6 is 0 Å². The van der Waals surface area contributed by atoms with Gasteiger partial charge in [0.2, 0.25) is 5.88 Å². The third-order valence-electron chi connectivity index (χ3n) is 2.73. The maximum absolute atomic E-state index is 8.92. The van der Waals surface area contributed by atoms with Crippen molar-refractivity contribution in [2.45, 2.75) is 45.0 Å². The van der Waals surface area contributed by atoms with Gasteiger partial charge in [-0.2, -0.15) is 5.26 Å². The fourth-order valence-corrected chi connectivity index (χ4v) is 2.09. The number of nitrogens with zero attached hydrogens (tertiary/aromatic N) is 3. The Labute approximate surface area is 100 Å². The summed E-state index contributed by atoms with van der Waals surface area (Å²) in [6.45, 7) is 4.05. The summed E-state index contributed by atoms with van der Waals surface area (Å²) in [6.07, 6.45) is 4.90. The molecule has 2 rings (SSSR count). The highest BCUT2D eigenvalue weighted by atomic mass is 16.5. The van der Waals surface area contributed by atoms with Gasteiger partial charge in [-0.1, -0.05) is 0 Å². The molecule has 17 heavy (non-hydrogen) atoms. The molecule has 0 bridgehead atoms. The van der Waals surface area contributed by atoms with Crippen molar-refractivity contribution >= 4 is 0 Å². The maximum atomic E-state index is 8.92. The van der Waals surface area contributed by atoms with E-state index in [9.17, 15) is 0 Å². The Bertz CT molecular complexity index is 420. The molecule has 0 N–H and O–H groups in total. The Balaban J connectivity index is 2.08.